The Hall–Kier alpha value is -1.77. The van der Waals surface area contributed by atoms with Crippen molar-refractivity contribution >= 4 is 19.8 Å². The molecule has 2 atom stereocenters. The van der Waals surface area contributed by atoms with Gasteiger partial charge in [0.2, 0.25) is 0 Å². The SMILES string of the molecule is CCCCCCC/C=C\C/C=C\C/C=C\CCCCCCCCCCCCC(=O)OC(COC(=O)CCCCCCCCCCCCCCCCCCCCCCCCCCCCCCCCCCCCC)COP(=O)(O)OCC[N+](C)(C)C. The fraction of sp³-hybridized carbons (Fsp3) is 0.892. The van der Waals surface area contributed by atoms with E-state index in [1.165, 1.54) is 289 Å². The lowest BCUT2D eigenvalue weighted by Gasteiger charge is -2.24. The molecular weight excluding hydrogens is 1060 g/mol. The lowest BCUT2D eigenvalue weighted by atomic mass is 10.0. The second-order valence-electron chi connectivity index (χ2n) is 26.3. The summed E-state index contributed by atoms with van der Waals surface area (Å²) in [5.74, 6) is -0.783. The van der Waals surface area contributed by atoms with E-state index in [2.05, 4.69) is 50.3 Å². The smallest absolute Gasteiger partial charge is 0.462 e. The second kappa shape index (κ2) is 65.7. The fourth-order valence-corrected chi connectivity index (χ4v) is 11.8. The summed E-state index contributed by atoms with van der Waals surface area (Å²) in [7, 11) is 1.49. The molecule has 2 unspecified atom stereocenters. The predicted molar refractivity (Wildman–Crippen MR) is 363 cm³/mol. The van der Waals surface area contributed by atoms with Gasteiger partial charge in [0, 0.05) is 12.8 Å². The van der Waals surface area contributed by atoms with Gasteiger partial charge in [-0.15, -0.1) is 0 Å². The number of esters is 2. The van der Waals surface area contributed by atoms with Gasteiger partial charge in [0.15, 0.2) is 6.10 Å². The van der Waals surface area contributed by atoms with Crippen molar-refractivity contribution in [3.05, 3.63) is 36.5 Å². The maximum absolute atomic E-state index is 12.9. The third-order valence-corrected chi connectivity index (χ3v) is 17.7. The number of nitrogens with zero attached hydrogens (tertiary/aromatic N) is 1. The molecule has 0 radical (unpaired) electrons. The standard InChI is InChI=1S/C74H142NO8P/c1-6-8-10-12-14-16-18-20-22-24-26-28-30-32-33-34-35-36-37-38-39-40-41-43-44-46-48-50-52-54-56-58-60-62-64-66-73(76)80-70-72(71-82-84(78,79)81-69-68-75(3,4)5)83-74(77)67-65-63-61-59-57-55-53-51-49-47-45-42-31-29-27-25-23-21-19-17-15-13-11-9-7-2/h19,21,25,27,31,42,72H,6-18,20,22-24,26,28-30,32-41,43-71H2,1-5H3/p+1/b21-19-,27-25-,42-31-. The molecule has 1 N–H and O–H groups in total. The van der Waals surface area contributed by atoms with E-state index in [1.807, 2.05) is 21.1 Å². The Bertz CT molecular complexity index is 1510. The van der Waals surface area contributed by atoms with Gasteiger partial charge in [0.1, 0.15) is 19.8 Å². The minimum absolute atomic E-state index is 0.0326. The molecule has 0 spiro atoms. The highest BCUT2D eigenvalue weighted by Gasteiger charge is 2.27. The first-order valence-corrected chi connectivity index (χ1v) is 38.2. The summed E-state index contributed by atoms with van der Waals surface area (Å²) in [5, 5.41) is 0. The molecule has 84 heavy (non-hydrogen) atoms. The van der Waals surface area contributed by atoms with Gasteiger partial charge in [-0.25, -0.2) is 4.57 Å². The zero-order chi connectivity index (χ0) is 61.2. The van der Waals surface area contributed by atoms with Crippen molar-refractivity contribution in [3.8, 4) is 0 Å². The zero-order valence-electron chi connectivity index (χ0n) is 56.7. The number of phosphoric ester groups is 1. The second-order valence-corrected chi connectivity index (χ2v) is 27.8. The number of ether oxygens (including phenoxy) is 2. The van der Waals surface area contributed by atoms with Gasteiger partial charge in [-0.1, -0.05) is 346 Å². The van der Waals surface area contributed by atoms with Crippen LogP contribution < -0.4 is 0 Å². The average Bonchev–Trinajstić information content (AvgIpc) is 3.60. The molecule has 0 aromatic carbocycles. The lowest BCUT2D eigenvalue weighted by Crippen LogP contribution is -2.37. The maximum atomic E-state index is 12.9. The molecule has 0 bridgehead atoms. The van der Waals surface area contributed by atoms with Crippen molar-refractivity contribution in [1.29, 1.82) is 0 Å². The van der Waals surface area contributed by atoms with Crippen molar-refractivity contribution in [3.63, 3.8) is 0 Å². The van der Waals surface area contributed by atoms with E-state index in [4.69, 9.17) is 18.5 Å². The van der Waals surface area contributed by atoms with E-state index in [0.29, 0.717) is 23.9 Å². The third-order valence-electron chi connectivity index (χ3n) is 16.7. The Morgan fingerprint density at radius 2 is 0.643 bits per heavy atom. The molecule has 0 saturated carbocycles. The minimum atomic E-state index is -4.39. The number of unbranched alkanes of at least 4 members (excludes halogenated alkanes) is 49. The van der Waals surface area contributed by atoms with E-state index in [-0.39, 0.29) is 25.6 Å². The monoisotopic (exact) mass is 1210 g/mol. The van der Waals surface area contributed by atoms with Crippen LogP contribution in [0.2, 0.25) is 0 Å². The van der Waals surface area contributed by atoms with Crippen molar-refractivity contribution in [1.82, 2.24) is 0 Å². The van der Waals surface area contributed by atoms with E-state index in [9.17, 15) is 19.0 Å². The number of carbonyl (C=O) groups excluding carboxylic acids is 2. The van der Waals surface area contributed by atoms with Crippen LogP contribution in [-0.4, -0.2) is 74.9 Å². The summed E-state index contributed by atoms with van der Waals surface area (Å²) >= 11 is 0. The highest BCUT2D eigenvalue weighted by Crippen LogP contribution is 2.43. The molecular formula is C74H143NO8P+. The van der Waals surface area contributed by atoms with Gasteiger partial charge in [0.25, 0.3) is 0 Å². The Morgan fingerprint density at radius 1 is 0.369 bits per heavy atom. The van der Waals surface area contributed by atoms with E-state index in [1.54, 1.807) is 0 Å². The van der Waals surface area contributed by atoms with E-state index >= 15 is 0 Å². The van der Waals surface area contributed by atoms with E-state index < -0.39 is 26.5 Å². The Kier molecular flexibility index (Phi) is 64.3. The molecule has 0 rings (SSSR count). The van der Waals surface area contributed by atoms with Crippen LogP contribution in [0.25, 0.3) is 0 Å². The number of hydrogen-bond donors (Lipinski definition) is 1. The fourth-order valence-electron chi connectivity index (χ4n) is 11.0. The highest BCUT2D eigenvalue weighted by atomic mass is 31.2. The Morgan fingerprint density at radius 3 is 0.952 bits per heavy atom. The first kappa shape index (κ1) is 82.2. The number of likely N-dealkylation sites (N-methyl/N-ethyl adjacent to an activating group) is 1. The molecule has 9 nitrogen and oxygen atoms in total. The molecule has 0 fully saturated rings. The summed E-state index contributed by atoms with van der Waals surface area (Å²) in [5.41, 5.74) is 0. The summed E-state index contributed by atoms with van der Waals surface area (Å²) in [4.78, 5) is 35.9. The molecule has 496 valence electrons. The third kappa shape index (κ3) is 69.3. The van der Waals surface area contributed by atoms with Gasteiger partial charge in [-0.3, -0.25) is 18.6 Å². The van der Waals surface area contributed by atoms with Crippen LogP contribution in [0.15, 0.2) is 36.5 Å². The number of allylic oxidation sites excluding steroid dienone is 6. The van der Waals surface area contributed by atoms with Crippen molar-refractivity contribution < 1.29 is 42.1 Å². The van der Waals surface area contributed by atoms with Gasteiger partial charge >= 0.3 is 19.8 Å². The molecule has 0 aliphatic heterocycles. The number of hydrogen-bond acceptors (Lipinski definition) is 7. The molecule has 0 aliphatic rings. The van der Waals surface area contributed by atoms with Crippen LogP contribution in [0.1, 0.15) is 373 Å². The number of rotatable bonds is 69. The normalized spacial score (nSPS) is 13.3. The van der Waals surface area contributed by atoms with Gasteiger partial charge < -0.3 is 18.9 Å². The van der Waals surface area contributed by atoms with Gasteiger partial charge in [-0.2, -0.15) is 0 Å². The summed E-state index contributed by atoms with van der Waals surface area (Å²) in [6, 6.07) is 0. The van der Waals surface area contributed by atoms with Crippen molar-refractivity contribution in [2.24, 2.45) is 0 Å². The molecule has 0 aliphatic carbocycles. The average molecular weight is 1210 g/mol. The molecule has 0 amide bonds. The molecule has 0 aromatic heterocycles. The van der Waals surface area contributed by atoms with Gasteiger partial charge in [0.05, 0.1) is 27.7 Å². The van der Waals surface area contributed by atoms with Crippen molar-refractivity contribution in [2.75, 3.05) is 47.5 Å². The highest BCUT2D eigenvalue weighted by molar-refractivity contribution is 7.47. The predicted octanol–water partition coefficient (Wildman–Crippen LogP) is 23.8. The van der Waals surface area contributed by atoms with Crippen LogP contribution in [0, 0.1) is 0 Å². The maximum Gasteiger partial charge on any atom is 0.472 e. The van der Waals surface area contributed by atoms with Crippen LogP contribution in [-0.2, 0) is 32.7 Å². The zero-order valence-corrected chi connectivity index (χ0v) is 57.6. The number of phosphoric acid groups is 1. The summed E-state index contributed by atoms with van der Waals surface area (Å²) in [6.07, 6.45) is 84.1. The molecule has 0 saturated heterocycles. The van der Waals surface area contributed by atoms with Crippen LogP contribution in [0.3, 0.4) is 0 Å². The molecule has 0 aromatic rings. The first-order valence-electron chi connectivity index (χ1n) is 36.7. The first-order chi connectivity index (χ1) is 41.0. The summed E-state index contributed by atoms with van der Waals surface area (Å²) in [6.45, 7) is 4.49. The van der Waals surface area contributed by atoms with Crippen molar-refractivity contribution in [2.45, 2.75) is 380 Å². The van der Waals surface area contributed by atoms with Crippen LogP contribution in [0.4, 0.5) is 0 Å². The van der Waals surface area contributed by atoms with Crippen LogP contribution in [0.5, 0.6) is 0 Å². The largest absolute Gasteiger partial charge is 0.472 e. The number of quaternary nitrogens is 1. The Balaban J connectivity index is 3.95. The topological polar surface area (TPSA) is 108 Å². The minimum Gasteiger partial charge on any atom is -0.462 e. The number of carbonyl (C=O) groups is 2. The lowest BCUT2D eigenvalue weighted by molar-refractivity contribution is -0.870. The Labute approximate surface area is 522 Å². The van der Waals surface area contributed by atoms with Gasteiger partial charge in [-0.05, 0) is 51.4 Å². The molecule has 10 heteroatoms. The van der Waals surface area contributed by atoms with Crippen LogP contribution >= 0.6 is 7.82 Å². The van der Waals surface area contributed by atoms with E-state index in [0.717, 1.165) is 51.4 Å². The quantitative estimate of drug-likeness (QED) is 0.0211. The summed E-state index contributed by atoms with van der Waals surface area (Å²) < 4.78 is 34.7. The molecule has 0 heterocycles.